The number of hydrogen-bond acceptors (Lipinski definition) is 6. The number of benzene rings is 2. The molecule has 3 aromatic rings. The topological polar surface area (TPSA) is 86.2 Å². The Hall–Kier alpha value is -3.34. The SMILES string of the molecule is CSCC1CN(C(=O)c2cncc(N)c2)CCN1C(c1ccccc1)c1cccc(C#N)c1. The number of nitrogen functional groups attached to an aromatic ring is 1. The molecule has 4 rings (SSSR count). The first-order valence-electron chi connectivity index (χ1n) is 10.9. The first-order valence-corrected chi connectivity index (χ1v) is 12.3. The highest BCUT2D eigenvalue weighted by atomic mass is 32.2. The summed E-state index contributed by atoms with van der Waals surface area (Å²) in [4.78, 5) is 21.6. The predicted molar refractivity (Wildman–Crippen MR) is 133 cm³/mol. The molecule has 2 atom stereocenters. The van der Waals surface area contributed by atoms with E-state index in [4.69, 9.17) is 5.73 Å². The summed E-state index contributed by atoms with van der Waals surface area (Å²) >= 11 is 1.78. The first kappa shape index (κ1) is 22.8. The molecule has 1 fully saturated rings. The number of aromatic nitrogens is 1. The first-order chi connectivity index (χ1) is 16.1. The number of carbonyl (C=O) groups excluding carboxylic acids is 1. The van der Waals surface area contributed by atoms with Crippen LogP contribution in [-0.2, 0) is 0 Å². The largest absolute Gasteiger partial charge is 0.397 e. The van der Waals surface area contributed by atoms with Gasteiger partial charge in [-0.1, -0.05) is 42.5 Å². The number of anilines is 1. The Kier molecular flexibility index (Phi) is 7.28. The molecule has 33 heavy (non-hydrogen) atoms. The molecule has 0 bridgehead atoms. The normalized spacial score (nSPS) is 17.3. The molecule has 0 saturated carbocycles. The van der Waals surface area contributed by atoms with Crippen LogP contribution in [0.25, 0.3) is 0 Å². The molecule has 0 radical (unpaired) electrons. The standard InChI is InChI=1S/C26H27N5OS/c1-33-18-24-17-30(26(32)22-13-23(28)16-29-15-22)10-11-31(24)25(20-7-3-2-4-8-20)21-9-5-6-19(12-21)14-27/h2-9,12-13,15-16,24-25H,10-11,17-18,28H2,1H3. The van der Waals surface area contributed by atoms with Crippen molar-refractivity contribution in [1.29, 1.82) is 5.26 Å². The number of hydrogen-bond donors (Lipinski definition) is 1. The Balaban J connectivity index is 1.66. The van der Waals surface area contributed by atoms with Gasteiger partial charge in [0.2, 0.25) is 0 Å². The lowest BCUT2D eigenvalue weighted by Gasteiger charge is -2.45. The van der Waals surface area contributed by atoms with Gasteiger partial charge in [0.15, 0.2) is 0 Å². The van der Waals surface area contributed by atoms with E-state index >= 15 is 0 Å². The number of carbonyl (C=O) groups is 1. The summed E-state index contributed by atoms with van der Waals surface area (Å²) in [5.74, 6) is 0.851. The number of amides is 1. The second kappa shape index (κ2) is 10.5. The van der Waals surface area contributed by atoms with Crippen LogP contribution in [0.4, 0.5) is 5.69 Å². The Labute approximate surface area is 199 Å². The van der Waals surface area contributed by atoms with Crippen molar-refractivity contribution in [2.75, 3.05) is 37.4 Å². The van der Waals surface area contributed by atoms with Crippen LogP contribution in [0.2, 0.25) is 0 Å². The molecule has 168 valence electrons. The van der Waals surface area contributed by atoms with Crippen LogP contribution in [0.3, 0.4) is 0 Å². The van der Waals surface area contributed by atoms with Crippen molar-refractivity contribution in [3.8, 4) is 6.07 Å². The zero-order valence-electron chi connectivity index (χ0n) is 18.6. The number of nitrogens with two attached hydrogens (primary N) is 1. The van der Waals surface area contributed by atoms with E-state index in [2.05, 4.69) is 40.4 Å². The summed E-state index contributed by atoms with van der Waals surface area (Å²) in [5.41, 5.74) is 9.78. The minimum atomic E-state index is -0.0386. The minimum Gasteiger partial charge on any atom is -0.397 e. The minimum absolute atomic E-state index is 0.00272. The van der Waals surface area contributed by atoms with Gasteiger partial charge in [-0.25, -0.2) is 0 Å². The van der Waals surface area contributed by atoms with Gasteiger partial charge in [0.25, 0.3) is 5.91 Å². The molecule has 1 aliphatic heterocycles. The van der Waals surface area contributed by atoms with Crippen molar-refractivity contribution >= 4 is 23.4 Å². The molecule has 7 heteroatoms. The lowest BCUT2D eigenvalue weighted by atomic mass is 9.93. The van der Waals surface area contributed by atoms with E-state index in [1.54, 1.807) is 30.2 Å². The summed E-state index contributed by atoms with van der Waals surface area (Å²) in [7, 11) is 0. The van der Waals surface area contributed by atoms with Gasteiger partial charge >= 0.3 is 0 Å². The molecule has 0 aliphatic carbocycles. The zero-order valence-corrected chi connectivity index (χ0v) is 19.4. The van der Waals surface area contributed by atoms with Crippen LogP contribution in [-0.4, -0.2) is 58.4 Å². The molecular weight excluding hydrogens is 430 g/mol. The molecule has 1 amide bonds. The third kappa shape index (κ3) is 5.19. The predicted octanol–water partition coefficient (Wildman–Crippen LogP) is 3.81. The average molecular weight is 458 g/mol. The fourth-order valence-electron chi connectivity index (χ4n) is 4.48. The van der Waals surface area contributed by atoms with E-state index in [1.807, 2.05) is 41.3 Å². The van der Waals surface area contributed by atoms with Gasteiger partial charge in [-0.3, -0.25) is 14.7 Å². The number of pyridine rings is 1. The van der Waals surface area contributed by atoms with Crippen molar-refractivity contribution < 1.29 is 4.79 Å². The van der Waals surface area contributed by atoms with Crippen molar-refractivity contribution in [3.63, 3.8) is 0 Å². The lowest BCUT2D eigenvalue weighted by Crippen LogP contribution is -2.56. The van der Waals surface area contributed by atoms with E-state index in [9.17, 15) is 10.1 Å². The summed E-state index contributed by atoms with van der Waals surface area (Å²) < 4.78 is 0. The quantitative estimate of drug-likeness (QED) is 0.606. The summed E-state index contributed by atoms with van der Waals surface area (Å²) in [6.07, 6.45) is 5.22. The van der Waals surface area contributed by atoms with Gasteiger partial charge in [-0.15, -0.1) is 0 Å². The van der Waals surface area contributed by atoms with E-state index in [1.165, 1.54) is 5.56 Å². The molecule has 2 N–H and O–H groups in total. The lowest BCUT2D eigenvalue weighted by molar-refractivity contribution is 0.0439. The fourth-order valence-corrected chi connectivity index (χ4v) is 5.16. The van der Waals surface area contributed by atoms with Crippen LogP contribution >= 0.6 is 11.8 Å². The van der Waals surface area contributed by atoms with Gasteiger partial charge in [-0.2, -0.15) is 17.0 Å². The Morgan fingerprint density at radius 3 is 2.67 bits per heavy atom. The zero-order chi connectivity index (χ0) is 23.2. The van der Waals surface area contributed by atoms with Crippen LogP contribution < -0.4 is 5.73 Å². The third-order valence-corrected chi connectivity index (χ3v) is 6.68. The second-order valence-electron chi connectivity index (χ2n) is 8.16. The second-order valence-corrected chi connectivity index (χ2v) is 9.07. The molecule has 1 aliphatic rings. The van der Waals surface area contributed by atoms with Gasteiger partial charge in [0, 0.05) is 43.8 Å². The fraction of sp³-hybridized carbons (Fsp3) is 0.269. The Bertz CT molecular complexity index is 1150. The van der Waals surface area contributed by atoms with E-state index in [-0.39, 0.29) is 18.0 Å². The highest BCUT2D eigenvalue weighted by molar-refractivity contribution is 7.98. The molecule has 2 heterocycles. The molecule has 0 spiro atoms. The number of thioether (sulfide) groups is 1. The van der Waals surface area contributed by atoms with Gasteiger partial charge in [0.1, 0.15) is 0 Å². The van der Waals surface area contributed by atoms with Gasteiger partial charge < -0.3 is 10.6 Å². The molecule has 1 aromatic heterocycles. The maximum absolute atomic E-state index is 13.2. The molecule has 2 unspecified atom stereocenters. The molecule has 1 saturated heterocycles. The third-order valence-electron chi connectivity index (χ3n) is 5.96. The maximum atomic E-state index is 13.2. The van der Waals surface area contributed by atoms with E-state index < -0.39 is 0 Å². The molecular formula is C26H27N5OS. The van der Waals surface area contributed by atoms with Crippen molar-refractivity contribution in [1.82, 2.24) is 14.8 Å². The smallest absolute Gasteiger partial charge is 0.255 e. The monoisotopic (exact) mass is 457 g/mol. The van der Waals surface area contributed by atoms with Crippen molar-refractivity contribution in [3.05, 3.63) is 95.3 Å². The van der Waals surface area contributed by atoms with E-state index in [0.717, 1.165) is 17.9 Å². The maximum Gasteiger partial charge on any atom is 0.255 e. The van der Waals surface area contributed by atoms with Crippen LogP contribution in [0.5, 0.6) is 0 Å². The number of piperazine rings is 1. The van der Waals surface area contributed by atoms with Crippen LogP contribution in [0, 0.1) is 11.3 Å². The van der Waals surface area contributed by atoms with Gasteiger partial charge in [0.05, 0.1) is 28.9 Å². The number of nitrogens with zero attached hydrogens (tertiary/aromatic N) is 4. The summed E-state index contributed by atoms with van der Waals surface area (Å²) in [6, 6.07) is 22.3. The molecule has 2 aromatic carbocycles. The highest BCUT2D eigenvalue weighted by Crippen LogP contribution is 2.33. The van der Waals surface area contributed by atoms with Gasteiger partial charge in [-0.05, 0) is 35.6 Å². The highest BCUT2D eigenvalue weighted by Gasteiger charge is 2.35. The summed E-state index contributed by atoms with van der Waals surface area (Å²) in [5, 5.41) is 9.46. The van der Waals surface area contributed by atoms with Crippen molar-refractivity contribution in [2.45, 2.75) is 12.1 Å². The number of nitriles is 1. The average Bonchev–Trinajstić information content (AvgIpc) is 2.85. The summed E-state index contributed by atoms with van der Waals surface area (Å²) in [6.45, 7) is 1.96. The van der Waals surface area contributed by atoms with Crippen LogP contribution in [0.1, 0.15) is 33.1 Å². The van der Waals surface area contributed by atoms with Crippen molar-refractivity contribution in [2.24, 2.45) is 0 Å². The Morgan fingerprint density at radius 2 is 1.94 bits per heavy atom. The number of rotatable bonds is 6. The van der Waals surface area contributed by atoms with Crippen LogP contribution in [0.15, 0.2) is 73.1 Å². The Morgan fingerprint density at radius 1 is 1.15 bits per heavy atom. The van der Waals surface area contributed by atoms with E-state index in [0.29, 0.717) is 29.9 Å². The molecule has 6 nitrogen and oxygen atoms in total.